The fourth-order valence-corrected chi connectivity index (χ4v) is 3.64. The number of amides is 1. The molecule has 1 aliphatic rings. The van der Waals surface area contributed by atoms with Crippen LogP contribution in [0.4, 0.5) is 10.4 Å². The number of nitrogens with zero attached hydrogens (tertiary/aromatic N) is 2. The number of fused-ring (bicyclic) bond motifs is 1. The maximum Gasteiger partial charge on any atom is 0.302 e. The average molecular weight is 457 g/mol. The van der Waals surface area contributed by atoms with Gasteiger partial charge in [0.25, 0.3) is 5.91 Å². The van der Waals surface area contributed by atoms with Crippen molar-refractivity contribution in [2.75, 3.05) is 25.5 Å². The molecule has 2 heterocycles. The number of rotatable bonds is 6. The summed E-state index contributed by atoms with van der Waals surface area (Å²) >= 11 is 6.44. The molecule has 166 valence electrons. The lowest BCUT2D eigenvalue weighted by Crippen LogP contribution is -2.40. The van der Waals surface area contributed by atoms with Gasteiger partial charge in [0.15, 0.2) is 5.58 Å². The lowest BCUT2D eigenvalue weighted by Gasteiger charge is -2.27. The van der Waals surface area contributed by atoms with Crippen LogP contribution < -0.4 is 21.3 Å². The minimum absolute atomic E-state index is 0.143. The van der Waals surface area contributed by atoms with Gasteiger partial charge in [-0.1, -0.05) is 29.8 Å². The monoisotopic (exact) mass is 456 g/mol. The Morgan fingerprint density at radius 3 is 2.84 bits per heavy atom. The van der Waals surface area contributed by atoms with Crippen LogP contribution in [0.25, 0.3) is 11.1 Å². The van der Waals surface area contributed by atoms with E-state index >= 15 is 0 Å². The molecule has 0 spiro atoms. The van der Waals surface area contributed by atoms with E-state index in [4.69, 9.17) is 16.0 Å². The van der Waals surface area contributed by atoms with Gasteiger partial charge >= 0.3 is 6.01 Å². The number of anilines is 1. The van der Waals surface area contributed by atoms with Crippen LogP contribution in [0.3, 0.4) is 0 Å². The molecular weight excluding hydrogens is 435 g/mol. The Kier molecular flexibility index (Phi) is 6.38. The van der Waals surface area contributed by atoms with Crippen molar-refractivity contribution in [3.05, 3.63) is 70.1 Å². The van der Waals surface area contributed by atoms with Gasteiger partial charge in [-0.2, -0.15) is 4.98 Å². The first-order chi connectivity index (χ1) is 15.5. The summed E-state index contributed by atoms with van der Waals surface area (Å²) in [7, 11) is 1.81. The first-order valence-corrected chi connectivity index (χ1v) is 10.4. The Bertz CT molecular complexity index is 1220. The van der Waals surface area contributed by atoms with E-state index in [0.717, 1.165) is 0 Å². The summed E-state index contributed by atoms with van der Waals surface area (Å²) in [6.45, 7) is 2.89. The van der Waals surface area contributed by atoms with Crippen molar-refractivity contribution in [2.24, 2.45) is 4.99 Å². The van der Waals surface area contributed by atoms with Crippen molar-refractivity contribution in [1.82, 2.24) is 20.9 Å². The van der Waals surface area contributed by atoms with Gasteiger partial charge in [-0.15, -0.1) is 0 Å². The number of nitrogens with one attached hydrogen (secondary N) is 4. The highest BCUT2D eigenvalue weighted by Crippen LogP contribution is 2.35. The number of benzene rings is 2. The van der Waals surface area contributed by atoms with Crippen LogP contribution in [-0.4, -0.2) is 37.0 Å². The molecule has 1 aliphatic heterocycles. The summed E-state index contributed by atoms with van der Waals surface area (Å²) in [6, 6.07) is 10.8. The lowest BCUT2D eigenvalue weighted by molar-refractivity contribution is -0.117. The molecule has 0 saturated heterocycles. The molecule has 1 aromatic heterocycles. The SMILES string of the molecule is CNCCNC(=O)C1=C(C)NC(Nc2nc3ccc(F)cc3o2)=NC1c1ccccc1Cl. The highest BCUT2D eigenvalue weighted by molar-refractivity contribution is 6.31. The Morgan fingerprint density at radius 1 is 1.25 bits per heavy atom. The number of hydrogen-bond acceptors (Lipinski definition) is 7. The smallest absolute Gasteiger partial charge is 0.302 e. The number of aliphatic imine (C=N–C) groups is 1. The van der Waals surface area contributed by atoms with E-state index in [1.807, 2.05) is 25.2 Å². The summed E-state index contributed by atoms with van der Waals surface area (Å²) in [5.41, 5.74) is 2.57. The van der Waals surface area contributed by atoms with Crippen LogP contribution in [0.2, 0.25) is 5.02 Å². The molecule has 4 N–H and O–H groups in total. The standard InChI is InChI=1S/C22H22ClFN6O2/c1-12-18(20(31)26-10-9-25-2)19(14-5-3-4-6-15(14)23)29-21(27-12)30-22-28-16-8-7-13(24)11-17(16)32-22/h3-8,11,19,25H,9-10H2,1-2H3,(H,26,31)(H2,27,28,29,30). The van der Waals surface area contributed by atoms with E-state index in [-0.39, 0.29) is 11.9 Å². The Balaban J connectivity index is 1.66. The Morgan fingerprint density at radius 2 is 2.06 bits per heavy atom. The van der Waals surface area contributed by atoms with E-state index in [1.54, 1.807) is 13.0 Å². The third-order valence-corrected chi connectivity index (χ3v) is 5.27. The molecule has 10 heteroatoms. The lowest BCUT2D eigenvalue weighted by atomic mass is 9.95. The summed E-state index contributed by atoms with van der Waals surface area (Å²) in [6.07, 6.45) is 0. The van der Waals surface area contributed by atoms with Crippen LogP contribution in [0.15, 0.2) is 63.1 Å². The van der Waals surface area contributed by atoms with Crippen LogP contribution in [0, 0.1) is 5.82 Å². The van der Waals surface area contributed by atoms with Crippen molar-refractivity contribution >= 4 is 40.6 Å². The molecule has 4 rings (SSSR count). The number of carbonyl (C=O) groups is 1. The zero-order chi connectivity index (χ0) is 22.7. The molecule has 0 saturated carbocycles. The number of likely N-dealkylation sites (N-methyl/N-ethyl adjacent to an activating group) is 1. The predicted molar refractivity (Wildman–Crippen MR) is 122 cm³/mol. The highest BCUT2D eigenvalue weighted by atomic mass is 35.5. The van der Waals surface area contributed by atoms with Gasteiger partial charge in [0.05, 0.1) is 5.57 Å². The van der Waals surface area contributed by atoms with E-state index in [1.165, 1.54) is 18.2 Å². The van der Waals surface area contributed by atoms with Gasteiger partial charge in [-0.25, -0.2) is 9.38 Å². The van der Waals surface area contributed by atoms with E-state index < -0.39 is 11.9 Å². The van der Waals surface area contributed by atoms with E-state index in [2.05, 4.69) is 31.2 Å². The summed E-state index contributed by atoms with van der Waals surface area (Å²) in [5, 5.41) is 12.4. The van der Waals surface area contributed by atoms with Crippen LogP contribution in [-0.2, 0) is 4.79 Å². The Labute approximate surface area is 188 Å². The summed E-state index contributed by atoms with van der Waals surface area (Å²) < 4.78 is 19.0. The fourth-order valence-electron chi connectivity index (χ4n) is 3.41. The van der Waals surface area contributed by atoms with Gasteiger partial charge in [0.1, 0.15) is 17.4 Å². The van der Waals surface area contributed by atoms with E-state index in [9.17, 15) is 9.18 Å². The molecule has 0 radical (unpaired) electrons. The fraction of sp³-hybridized carbons (Fsp3) is 0.227. The van der Waals surface area contributed by atoms with Gasteiger partial charge in [0.2, 0.25) is 5.96 Å². The van der Waals surface area contributed by atoms with Crippen molar-refractivity contribution in [3.8, 4) is 0 Å². The number of oxazole rings is 1. The van der Waals surface area contributed by atoms with Gasteiger partial charge in [-0.05, 0) is 32.2 Å². The van der Waals surface area contributed by atoms with E-state index in [0.29, 0.717) is 52.0 Å². The number of carbonyl (C=O) groups excluding carboxylic acids is 1. The number of halogens is 2. The third kappa shape index (κ3) is 4.58. The van der Waals surface area contributed by atoms with Crippen molar-refractivity contribution in [1.29, 1.82) is 0 Å². The molecule has 1 unspecified atom stereocenters. The molecule has 0 aliphatic carbocycles. The van der Waals surface area contributed by atoms with Crippen LogP contribution in [0.5, 0.6) is 0 Å². The number of guanidine groups is 1. The second-order valence-corrected chi connectivity index (χ2v) is 7.59. The van der Waals surface area contributed by atoms with Crippen LogP contribution in [0.1, 0.15) is 18.5 Å². The molecule has 0 bridgehead atoms. The Hall–Kier alpha value is -3.43. The number of allylic oxidation sites excluding steroid dienone is 1. The highest BCUT2D eigenvalue weighted by Gasteiger charge is 2.30. The minimum atomic E-state index is -0.649. The van der Waals surface area contributed by atoms with Crippen molar-refractivity contribution < 1.29 is 13.6 Å². The molecule has 2 aromatic carbocycles. The molecule has 1 amide bonds. The van der Waals surface area contributed by atoms with Gasteiger partial charge in [-0.3, -0.25) is 10.1 Å². The second kappa shape index (κ2) is 9.37. The maximum atomic E-state index is 13.5. The quantitative estimate of drug-likeness (QED) is 0.424. The van der Waals surface area contributed by atoms with Gasteiger partial charge < -0.3 is 20.4 Å². The maximum absolute atomic E-state index is 13.5. The van der Waals surface area contributed by atoms with Crippen LogP contribution >= 0.6 is 11.6 Å². The minimum Gasteiger partial charge on any atom is -0.423 e. The zero-order valence-electron chi connectivity index (χ0n) is 17.5. The summed E-state index contributed by atoms with van der Waals surface area (Å²) in [4.78, 5) is 21.9. The first kappa shape index (κ1) is 21.8. The average Bonchev–Trinajstić information content (AvgIpc) is 3.15. The van der Waals surface area contributed by atoms with Gasteiger partial charge in [0, 0.05) is 35.4 Å². The number of aromatic nitrogens is 1. The third-order valence-electron chi connectivity index (χ3n) is 4.92. The number of hydrogen-bond donors (Lipinski definition) is 4. The van der Waals surface area contributed by atoms with Crippen molar-refractivity contribution in [3.63, 3.8) is 0 Å². The second-order valence-electron chi connectivity index (χ2n) is 7.18. The molecule has 32 heavy (non-hydrogen) atoms. The zero-order valence-corrected chi connectivity index (χ0v) is 18.3. The van der Waals surface area contributed by atoms with Crippen molar-refractivity contribution in [2.45, 2.75) is 13.0 Å². The molecule has 0 fully saturated rings. The first-order valence-electron chi connectivity index (χ1n) is 10.0. The predicted octanol–water partition coefficient (Wildman–Crippen LogP) is 3.34. The topological polar surface area (TPSA) is 104 Å². The summed E-state index contributed by atoms with van der Waals surface area (Å²) in [5.74, 6) is -0.332. The molecule has 8 nitrogen and oxygen atoms in total. The normalized spacial score (nSPS) is 16.0. The molecule has 3 aromatic rings. The largest absolute Gasteiger partial charge is 0.423 e. The molecule has 1 atom stereocenters. The molecular formula is C22H22ClFN6O2.